The van der Waals surface area contributed by atoms with Crippen LogP contribution in [0.1, 0.15) is 33.1 Å². The van der Waals surface area contributed by atoms with Crippen molar-refractivity contribution in [3.63, 3.8) is 0 Å². The third kappa shape index (κ3) is 10.2. The molecule has 0 atom stereocenters. The molecule has 0 heterocycles. The highest BCUT2D eigenvalue weighted by Gasteiger charge is 2.27. The van der Waals surface area contributed by atoms with Gasteiger partial charge in [0.15, 0.2) is 0 Å². The molecule has 2 nitrogen and oxygen atoms in total. The maximum Gasteiger partial charge on any atom is 0.411 e. The first-order valence-electron chi connectivity index (χ1n) is 5.56. The summed E-state index contributed by atoms with van der Waals surface area (Å²) in [5, 5.41) is 3.07. The Bertz CT molecular complexity index is 181. The van der Waals surface area contributed by atoms with E-state index in [1.54, 1.807) is 0 Å². The fourth-order valence-electron chi connectivity index (χ4n) is 1.43. The molecule has 0 aromatic heterocycles. The number of nitrogens with one attached hydrogen (secondary N) is 1. The van der Waals surface area contributed by atoms with Crippen molar-refractivity contribution in [2.75, 3.05) is 26.8 Å². The zero-order valence-corrected chi connectivity index (χ0v) is 10.3. The fraction of sp³-hybridized carbons (Fsp3) is 1.00. The lowest BCUT2D eigenvalue weighted by Gasteiger charge is -2.24. The summed E-state index contributed by atoms with van der Waals surface area (Å²) in [7, 11) is 1.89. The fourth-order valence-corrected chi connectivity index (χ4v) is 1.43. The van der Waals surface area contributed by atoms with Crippen molar-refractivity contribution >= 4 is 0 Å². The molecule has 0 amide bonds. The Morgan fingerprint density at radius 2 is 1.75 bits per heavy atom. The number of rotatable bonds is 8. The zero-order chi connectivity index (χ0) is 12.7. The maximum atomic E-state index is 11.8. The third-order valence-corrected chi connectivity index (χ3v) is 2.46. The van der Waals surface area contributed by atoms with Crippen LogP contribution >= 0.6 is 0 Å². The molecule has 98 valence electrons. The van der Waals surface area contributed by atoms with Gasteiger partial charge in [-0.3, -0.25) is 0 Å². The molecule has 0 aliphatic carbocycles. The molecule has 16 heavy (non-hydrogen) atoms. The monoisotopic (exact) mass is 241 g/mol. The van der Waals surface area contributed by atoms with Crippen LogP contribution in [0.5, 0.6) is 0 Å². The van der Waals surface area contributed by atoms with E-state index in [1.165, 1.54) is 0 Å². The summed E-state index contributed by atoms with van der Waals surface area (Å²) in [6.45, 7) is 4.21. The van der Waals surface area contributed by atoms with Gasteiger partial charge in [-0.15, -0.1) is 0 Å². The highest BCUT2D eigenvalue weighted by Crippen LogP contribution is 2.26. The third-order valence-electron chi connectivity index (χ3n) is 2.46. The van der Waals surface area contributed by atoms with Crippen molar-refractivity contribution in [1.29, 1.82) is 0 Å². The molecule has 0 aromatic rings. The van der Waals surface area contributed by atoms with Crippen molar-refractivity contribution in [2.24, 2.45) is 5.41 Å². The van der Waals surface area contributed by atoms with Gasteiger partial charge in [0, 0.05) is 6.61 Å². The van der Waals surface area contributed by atoms with Gasteiger partial charge in [0.1, 0.15) is 6.61 Å². The van der Waals surface area contributed by atoms with Crippen LogP contribution in [-0.2, 0) is 4.74 Å². The van der Waals surface area contributed by atoms with Crippen LogP contribution in [0.2, 0.25) is 0 Å². The van der Waals surface area contributed by atoms with Gasteiger partial charge in [0.05, 0.1) is 0 Å². The van der Waals surface area contributed by atoms with E-state index in [0.717, 1.165) is 19.4 Å². The van der Waals surface area contributed by atoms with Gasteiger partial charge in [-0.2, -0.15) is 13.2 Å². The van der Waals surface area contributed by atoms with Gasteiger partial charge in [-0.1, -0.05) is 13.8 Å². The van der Waals surface area contributed by atoms with Crippen molar-refractivity contribution in [2.45, 2.75) is 39.3 Å². The predicted molar refractivity (Wildman–Crippen MR) is 58.4 cm³/mol. The van der Waals surface area contributed by atoms with Gasteiger partial charge >= 0.3 is 6.18 Å². The number of hydrogen-bond donors (Lipinski definition) is 1. The zero-order valence-electron chi connectivity index (χ0n) is 10.3. The smallest absolute Gasteiger partial charge is 0.372 e. The van der Waals surface area contributed by atoms with Crippen LogP contribution in [0, 0.1) is 5.41 Å². The van der Waals surface area contributed by atoms with Gasteiger partial charge in [0.25, 0.3) is 0 Å². The summed E-state index contributed by atoms with van der Waals surface area (Å²) >= 11 is 0. The van der Waals surface area contributed by atoms with Gasteiger partial charge in [-0.25, -0.2) is 0 Å². The van der Waals surface area contributed by atoms with Crippen molar-refractivity contribution in [1.82, 2.24) is 5.32 Å². The summed E-state index contributed by atoms with van der Waals surface area (Å²) in [5.41, 5.74) is 0.157. The average molecular weight is 241 g/mol. The second-order valence-electron chi connectivity index (χ2n) is 4.79. The first-order chi connectivity index (χ1) is 7.27. The standard InChI is InChI=1S/C11H22F3NO/c1-10(2,6-7-15-3)5-4-8-16-9-11(12,13)14/h15H,4-9H2,1-3H3. The van der Waals surface area contributed by atoms with Gasteiger partial charge in [0.2, 0.25) is 0 Å². The minimum atomic E-state index is -4.21. The van der Waals surface area contributed by atoms with Crippen LogP contribution in [0.3, 0.4) is 0 Å². The molecule has 0 saturated heterocycles. The van der Waals surface area contributed by atoms with Crippen LogP contribution in [-0.4, -0.2) is 33.0 Å². The van der Waals surface area contributed by atoms with E-state index in [9.17, 15) is 13.2 Å². The number of ether oxygens (including phenoxy) is 1. The van der Waals surface area contributed by atoms with E-state index in [0.29, 0.717) is 6.42 Å². The molecule has 1 N–H and O–H groups in total. The van der Waals surface area contributed by atoms with Crippen LogP contribution < -0.4 is 5.32 Å². The molecule has 0 rings (SSSR count). The van der Waals surface area contributed by atoms with E-state index in [4.69, 9.17) is 0 Å². The van der Waals surface area contributed by atoms with E-state index in [1.807, 2.05) is 7.05 Å². The predicted octanol–water partition coefficient (Wildman–Crippen LogP) is 2.98. The first kappa shape index (κ1) is 15.7. The topological polar surface area (TPSA) is 21.3 Å². The highest BCUT2D eigenvalue weighted by molar-refractivity contribution is 4.69. The van der Waals surface area contributed by atoms with Gasteiger partial charge < -0.3 is 10.1 Å². The lowest BCUT2D eigenvalue weighted by molar-refractivity contribution is -0.174. The molecule has 0 unspecified atom stereocenters. The molecule has 0 aromatic carbocycles. The Morgan fingerprint density at radius 1 is 1.12 bits per heavy atom. The van der Waals surface area contributed by atoms with E-state index in [2.05, 4.69) is 23.9 Å². The van der Waals surface area contributed by atoms with E-state index in [-0.39, 0.29) is 12.0 Å². The average Bonchev–Trinajstić information content (AvgIpc) is 2.12. The summed E-state index contributed by atoms with van der Waals surface area (Å²) in [4.78, 5) is 0. The lowest BCUT2D eigenvalue weighted by Crippen LogP contribution is -2.21. The lowest BCUT2D eigenvalue weighted by atomic mass is 9.84. The number of alkyl halides is 3. The Kier molecular flexibility index (Phi) is 6.99. The minimum Gasteiger partial charge on any atom is -0.372 e. The van der Waals surface area contributed by atoms with Crippen molar-refractivity contribution in [3.05, 3.63) is 0 Å². The Morgan fingerprint density at radius 3 is 2.25 bits per heavy atom. The van der Waals surface area contributed by atoms with Gasteiger partial charge in [-0.05, 0) is 38.3 Å². The maximum absolute atomic E-state index is 11.8. The quantitative estimate of drug-likeness (QED) is 0.660. The van der Waals surface area contributed by atoms with E-state index >= 15 is 0 Å². The molecular formula is C11H22F3NO. The molecule has 5 heteroatoms. The first-order valence-corrected chi connectivity index (χ1v) is 5.56. The Balaban J connectivity index is 3.50. The van der Waals surface area contributed by atoms with Crippen LogP contribution in [0.15, 0.2) is 0 Å². The number of halogens is 3. The van der Waals surface area contributed by atoms with Crippen LogP contribution in [0.4, 0.5) is 13.2 Å². The minimum absolute atomic E-state index is 0.157. The molecule has 0 aliphatic rings. The highest BCUT2D eigenvalue weighted by atomic mass is 19.4. The summed E-state index contributed by atoms with van der Waals surface area (Å²) < 4.78 is 39.8. The van der Waals surface area contributed by atoms with Crippen LogP contribution in [0.25, 0.3) is 0 Å². The van der Waals surface area contributed by atoms with Crippen molar-refractivity contribution in [3.8, 4) is 0 Å². The largest absolute Gasteiger partial charge is 0.411 e. The Labute approximate surface area is 95.5 Å². The molecular weight excluding hydrogens is 219 g/mol. The summed E-state index contributed by atoms with van der Waals surface area (Å²) in [6, 6.07) is 0. The second kappa shape index (κ2) is 7.12. The summed E-state index contributed by atoms with van der Waals surface area (Å²) in [5.74, 6) is 0. The summed E-state index contributed by atoms with van der Waals surface area (Å²) in [6.07, 6.45) is -1.64. The van der Waals surface area contributed by atoms with Crippen molar-refractivity contribution < 1.29 is 17.9 Å². The Hall–Kier alpha value is -0.290. The normalized spacial score (nSPS) is 13.1. The molecule has 0 saturated carbocycles. The molecule has 0 fully saturated rings. The SMILES string of the molecule is CNCCC(C)(C)CCCOCC(F)(F)F. The molecule has 0 spiro atoms. The van der Waals surface area contributed by atoms with E-state index < -0.39 is 12.8 Å². The number of hydrogen-bond acceptors (Lipinski definition) is 2. The molecule has 0 bridgehead atoms. The molecule has 0 aliphatic heterocycles. The molecule has 0 radical (unpaired) electrons. The second-order valence-corrected chi connectivity index (χ2v) is 4.79.